The molecule has 0 bridgehead atoms. The van der Waals surface area contributed by atoms with Gasteiger partial charge in [-0.3, -0.25) is 0 Å². The molecule has 1 heterocycles. The fourth-order valence-corrected chi connectivity index (χ4v) is 1.74. The van der Waals surface area contributed by atoms with Crippen LogP contribution in [-0.2, 0) is 6.61 Å². The second kappa shape index (κ2) is 4.41. The third-order valence-corrected chi connectivity index (χ3v) is 2.60. The summed E-state index contributed by atoms with van der Waals surface area (Å²) in [5, 5.41) is 0. The third kappa shape index (κ3) is 2.00. The molecule has 0 aliphatic rings. The molecule has 0 amide bonds. The number of aromatic nitrogens is 1. The highest BCUT2D eigenvalue weighted by Crippen LogP contribution is 2.21. The average Bonchev–Trinajstić information content (AvgIpc) is 2.82. The van der Waals surface area contributed by atoms with E-state index in [1.54, 1.807) is 6.07 Å². The van der Waals surface area contributed by atoms with E-state index in [0.717, 1.165) is 5.75 Å². The SMILES string of the molecule is Nc1cccc2oc(COc3ccccc3)nc12. The van der Waals surface area contributed by atoms with Crippen LogP contribution in [0.15, 0.2) is 52.9 Å². The van der Waals surface area contributed by atoms with Gasteiger partial charge in [0.2, 0.25) is 5.89 Å². The fourth-order valence-electron chi connectivity index (χ4n) is 1.74. The number of anilines is 1. The topological polar surface area (TPSA) is 61.3 Å². The fraction of sp³-hybridized carbons (Fsp3) is 0.0714. The number of nitrogens with zero attached hydrogens (tertiary/aromatic N) is 1. The van der Waals surface area contributed by atoms with Crippen molar-refractivity contribution in [3.63, 3.8) is 0 Å². The van der Waals surface area contributed by atoms with E-state index in [0.29, 0.717) is 22.7 Å². The van der Waals surface area contributed by atoms with Crippen LogP contribution in [0.2, 0.25) is 0 Å². The first-order chi connectivity index (χ1) is 8.83. The number of oxazole rings is 1. The van der Waals surface area contributed by atoms with Gasteiger partial charge in [0, 0.05) is 0 Å². The molecule has 3 rings (SSSR count). The minimum absolute atomic E-state index is 0.290. The van der Waals surface area contributed by atoms with Gasteiger partial charge in [0.25, 0.3) is 0 Å². The first-order valence-electron chi connectivity index (χ1n) is 5.65. The van der Waals surface area contributed by atoms with Gasteiger partial charge < -0.3 is 14.9 Å². The standard InChI is InChI=1S/C14H12N2O2/c15-11-7-4-8-12-14(11)16-13(18-12)9-17-10-5-2-1-3-6-10/h1-8H,9,15H2. The summed E-state index contributed by atoms with van der Waals surface area (Å²) in [5.74, 6) is 1.31. The van der Waals surface area contributed by atoms with Crippen LogP contribution in [0.1, 0.15) is 5.89 Å². The Morgan fingerprint density at radius 3 is 2.67 bits per heavy atom. The number of nitrogen functional groups attached to an aromatic ring is 1. The third-order valence-electron chi connectivity index (χ3n) is 2.60. The monoisotopic (exact) mass is 240 g/mol. The van der Waals surface area contributed by atoms with E-state index >= 15 is 0 Å². The van der Waals surface area contributed by atoms with Gasteiger partial charge in [-0.15, -0.1) is 0 Å². The van der Waals surface area contributed by atoms with Gasteiger partial charge >= 0.3 is 0 Å². The first-order valence-corrected chi connectivity index (χ1v) is 5.65. The Morgan fingerprint density at radius 1 is 1.06 bits per heavy atom. The molecule has 2 N–H and O–H groups in total. The van der Waals surface area contributed by atoms with E-state index in [9.17, 15) is 0 Å². The number of hydrogen-bond acceptors (Lipinski definition) is 4. The second-order valence-electron chi connectivity index (χ2n) is 3.90. The zero-order valence-electron chi connectivity index (χ0n) is 9.67. The van der Waals surface area contributed by atoms with Gasteiger partial charge in [0.05, 0.1) is 5.69 Å². The maximum Gasteiger partial charge on any atom is 0.233 e. The van der Waals surface area contributed by atoms with Crippen molar-refractivity contribution in [3.05, 3.63) is 54.4 Å². The van der Waals surface area contributed by atoms with Crippen molar-refractivity contribution in [3.8, 4) is 5.75 Å². The Kier molecular flexibility index (Phi) is 2.61. The maximum atomic E-state index is 5.81. The van der Waals surface area contributed by atoms with Crippen LogP contribution in [0.4, 0.5) is 5.69 Å². The van der Waals surface area contributed by atoms with Gasteiger partial charge in [-0.1, -0.05) is 24.3 Å². The number of hydrogen-bond donors (Lipinski definition) is 1. The highest BCUT2D eigenvalue weighted by molar-refractivity contribution is 5.85. The molecule has 0 aliphatic carbocycles. The van der Waals surface area contributed by atoms with Crippen molar-refractivity contribution in [1.29, 1.82) is 0 Å². The largest absolute Gasteiger partial charge is 0.484 e. The van der Waals surface area contributed by atoms with Gasteiger partial charge in [-0.2, -0.15) is 0 Å². The lowest BCUT2D eigenvalue weighted by molar-refractivity contribution is 0.267. The van der Waals surface area contributed by atoms with Crippen LogP contribution >= 0.6 is 0 Å². The highest BCUT2D eigenvalue weighted by Gasteiger charge is 2.08. The molecule has 90 valence electrons. The molecular formula is C14H12N2O2. The van der Waals surface area contributed by atoms with Crippen molar-refractivity contribution in [2.75, 3.05) is 5.73 Å². The van der Waals surface area contributed by atoms with E-state index in [1.807, 2.05) is 42.5 Å². The number of nitrogens with two attached hydrogens (primary N) is 1. The first kappa shape index (κ1) is 10.7. The minimum Gasteiger partial charge on any atom is -0.484 e. The van der Waals surface area contributed by atoms with Gasteiger partial charge in [0.15, 0.2) is 12.2 Å². The highest BCUT2D eigenvalue weighted by atomic mass is 16.5. The second-order valence-corrected chi connectivity index (χ2v) is 3.90. The summed E-state index contributed by atoms with van der Waals surface area (Å²) in [7, 11) is 0. The summed E-state index contributed by atoms with van der Waals surface area (Å²) < 4.78 is 11.1. The zero-order chi connectivity index (χ0) is 12.4. The number of para-hydroxylation sites is 2. The molecule has 0 fully saturated rings. The summed E-state index contributed by atoms with van der Waals surface area (Å²) in [5.41, 5.74) is 7.79. The van der Waals surface area contributed by atoms with Crippen LogP contribution in [0.5, 0.6) is 5.75 Å². The molecule has 4 heteroatoms. The summed E-state index contributed by atoms with van der Waals surface area (Å²) >= 11 is 0. The Balaban J connectivity index is 1.81. The number of ether oxygens (including phenoxy) is 1. The van der Waals surface area contributed by atoms with Crippen LogP contribution in [-0.4, -0.2) is 4.98 Å². The summed E-state index contributed by atoms with van der Waals surface area (Å²) in [6, 6.07) is 15.0. The molecule has 0 unspecified atom stereocenters. The van der Waals surface area contributed by atoms with E-state index in [2.05, 4.69) is 4.98 Å². The van der Waals surface area contributed by atoms with Crippen LogP contribution in [0.25, 0.3) is 11.1 Å². The van der Waals surface area contributed by atoms with Gasteiger partial charge in [-0.05, 0) is 24.3 Å². The smallest absolute Gasteiger partial charge is 0.233 e. The predicted molar refractivity (Wildman–Crippen MR) is 69.2 cm³/mol. The van der Waals surface area contributed by atoms with Gasteiger partial charge in [0.1, 0.15) is 11.3 Å². The van der Waals surface area contributed by atoms with Crippen molar-refractivity contribution >= 4 is 16.8 Å². The Morgan fingerprint density at radius 2 is 1.89 bits per heavy atom. The number of benzene rings is 2. The zero-order valence-corrected chi connectivity index (χ0v) is 9.67. The van der Waals surface area contributed by atoms with Crippen LogP contribution < -0.4 is 10.5 Å². The lowest BCUT2D eigenvalue weighted by Gasteiger charge is -2.01. The molecular weight excluding hydrogens is 228 g/mol. The molecule has 0 aliphatic heterocycles. The molecule has 3 aromatic rings. The number of fused-ring (bicyclic) bond motifs is 1. The Labute approximate surface area is 104 Å². The lowest BCUT2D eigenvalue weighted by Crippen LogP contribution is -1.95. The average molecular weight is 240 g/mol. The maximum absolute atomic E-state index is 5.81. The van der Waals surface area contributed by atoms with Crippen LogP contribution in [0.3, 0.4) is 0 Å². The normalized spacial score (nSPS) is 10.7. The van der Waals surface area contributed by atoms with E-state index in [4.69, 9.17) is 14.9 Å². The molecule has 0 atom stereocenters. The number of rotatable bonds is 3. The lowest BCUT2D eigenvalue weighted by atomic mass is 10.3. The molecule has 4 nitrogen and oxygen atoms in total. The predicted octanol–water partition coefficient (Wildman–Crippen LogP) is 2.99. The molecule has 0 saturated heterocycles. The van der Waals surface area contributed by atoms with E-state index in [-0.39, 0.29) is 6.61 Å². The molecule has 1 aromatic heterocycles. The molecule has 2 aromatic carbocycles. The van der Waals surface area contributed by atoms with Gasteiger partial charge in [-0.25, -0.2) is 4.98 Å². The Bertz CT molecular complexity index is 662. The van der Waals surface area contributed by atoms with E-state index in [1.165, 1.54) is 0 Å². The minimum atomic E-state index is 0.290. The van der Waals surface area contributed by atoms with Crippen molar-refractivity contribution in [1.82, 2.24) is 4.98 Å². The van der Waals surface area contributed by atoms with E-state index < -0.39 is 0 Å². The molecule has 0 saturated carbocycles. The van der Waals surface area contributed by atoms with Crippen LogP contribution in [0, 0.1) is 0 Å². The van der Waals surface area contributed by atoms with Crippen molar-refractivity contribution in [2.24, 2.45) is 0 Å². The summed E-state index contributed by atoms with van der Waals surface area (Å²) in [6.07, 6.45) is 0. The molecule has 0 spiro atoms. The van der Waals surface area contributed by atoms with Crippen molar-refractivity contribution in [2.45, 2.75) is 6.61 Å². The Hall–Kier alpha value is -2.49. The van der Waals surface area contributed by atoms with Crippen molar-refractivity contribution < 1.29 is 9.15 Å². The molecule has 0 radical (unpaired) electrons. The summed E-state index contributed by atoms with van der Waals surface area (Å²) in [6.45, 7) is 0.290. The summed E-state index contributed by atoms with van der Waals surface area (Å²) in [4.78, 5) is 4.31. The molecule has 18 heavy (non-hydrogen) atoms. The quantitative estimate of drug-likeness (QED) is 0.715.